The van der Waals surface area contributed by atoms with Crippen molar-refractivity contribution in [3.8, 4) is 0 Å². The van der Waals surface area contributed by atoms with Crippen LogP contribution in [0, 0.1) is 20.2 Å². The fourth-order valence-electron chi connectivity index (χ4n) is 2.12. The first-order chi connectivity index (χ1) is 7.59. The van der Waals surface area contributed by atoms with Crippen molar-refractivity contribution >= 4 is 5.69 Å². The first kappa shape index (κ1) is 10.5. The number of nitro groups is 2. The Kier molecular flexibility index (Phi) is 2.55. The van der Waals surface area contributed by atoms with Gasteiger partial charge in [0.05, 0.1) is 4.92 Å². The summed E-state index contributed by atoms with van der Waals surface area (Å²) < 4.78 is 0. The molecule has 0 bridgehead atoms. The fourth-order valence-corrected chi connectivity index (χ4v) is 2.12. The van der Waals surface area contributed by atoms with E-state index in [1.807, 2.05) is 0 Å². The van der Waals surface area contributed by atoms with E-state index >= 15 is 0 Å². The average Bonchev–Trinajstić information content (AvgIpc) is 2.27. The first-order valence-electron chi connectivity index (χ1n) is 4.98. The highest BCUT2D eigenvalue weighted by Crippen LogP contribution is 2.30. The van der Waals surface area contributed by atoms with Gasteiger partial charge in [0.25, 0.3) is 5.69 Å². The summed E-state index contributed by atoms with van der Waals surface area (Å²) in [6.07, 6.45) is 1.09. The van der Waals surface area contributed by atoms with Gasteiger partial charge in [-0.15, -0.1) is 0 Å². The van der Waals surface area contributed by atoms with E-state index in [4.69, 9.17) is 0 Å². The summed E-state index contributed by atoms with van der Waals surface area (Å²) in [5.74, 6) is 0. The molecule has 1 aromatic carbocycles. The van der Waals surface area contributed by atoms with Gasteiger partial charge < -0.3 is 0 Å². The Bertz CT molecular complexity index is 458. The number of hydrogen-bond acceptors (Lipinski definition) is 4. The molecule has 0 fully saturated rings. The molecule has 84 valence electrons. The molecular weight excluding hydrogens is 212 g/mol. The van der Waals surface area contributed by atoms with Crippen LogP contribution in [-0.2, 0) is 12.8 Å². The van der Waals surface area contributed by atoms with E-state index in [9.17, 15) is 20.2 Å². The molecule has 1 aliphatic carbocycles. The zero-order valence-corrected chi connectivity index (χ0v) is 8.46. The van der Waals surface area contributed by atoms with Gasteiger partial charge in [-0.25, -0.2) is 0 Å². The van der Waals surface area contributed by atoms with E-state index in [1.54, 1.807) is 12.1 Å². The van der Waals surface area contributed by atoms with Crippen molar-refractivity contribution < 1.29 is 9.85 Å². The van der Waals surface area contributed by atoms with E-state index in [2.05, 4.69) is 0 Å². The number of nitrogens with zero attached hydrogens (tertiary/aromatic N) is 2. The third kappa shape index (κ3) is 1.73. The number of fused-ring (bicyclic) bond motifs is 1. The first-order valence-corrected chi connectivity index (χ1v) is 4.98. The molecule has 16 heavy (non-hydrogen) atoms. The van der Waals surface area contributed by atoms with E-state index in [0.29, 0.717) is 24.8 Å². The van der Waals surface area contributed by atoms with Gasteiger partial charge in [-0.1, -0.05) is 12.1 Å². The highest BCUT2D eigenvalue weighted by atomic mass is 16.6. The summed E-state index contributed by atoms with van der Waals surface area (Å²) >= 11 is 0. The van der Waals surface area contributed by atoms with Crippen molar-refractivity contribution in [3.05, 3.63) is 49.6 Å². The summed E-state index contributed by atoms with van der Waals surface area (Å²) in [5, 5.41) is 21.4. The minimum atomic E-state index is -0.602. The molecule has 6 nitrogen and oxygen atoms in total. The van der Waals surface area contributed by atoms with Crippen molar-refractivity contribution in [3.63, 3.8) is 0 Å². The highest BCUT2D eigenvalue weighted by Gasteiger charge is 2.30. The molecule has 0 amide bonds. The molecule has 1 aliphatic rings. The van der Waals surface area contributed by atoms with Gasteiger partial charge in [0, 0.05) is 29.4 Å². The SMILES string of the molecule is O=[N+]([O-])c1cccc2c1CCC([N+](=O)[O-])C2. The molecule has 0 N–H and O–H groups in total. The van der Waals surface area contributed by atoms with Gasteiger partial charge in [0.2, 0.25) is 6.04 Å². The Morgan fingerprint density at radius 3 is 2.62 bits per heavy atom. The van der Waals surface area contributed by atoms with Crippen molar-refractivity contribution in [1.29, 1.82) is 0 Å². The second-order valence-electron chi connectivity index (χ2n) is 3.85. The summed E-state index contributed by atoms with van der Waals surface area (Å²) in [7, 11) is 0. The Hall–Kier alpha value is -1.98. The average molecular weight is 222 g/mol. The lowest BCUT2D eigenvalue weighted by Gasteiger charge is -2.18. The molecule has 0 radical (unpaired) electrons. The van der Waals surface area contributed by atoms with E-state index < -0.39 is 11.0 Å². The van der Waals surface area contributed by atoms with E-state index in [1.165, 1.54) is 6.07 Å². The molecule has 1 atom stereocenters. The molecule has 0 saturated carbocycles. The van der Waals surface area contributed by atoms with Gasteiger partial charge >= 0.3 is 0 Å². The van der Waals surface area contributed by atoms with Crippen LogP contribution in [0.2, 0.25) is 0 Å². The van der Waals surface area contributed by atoms with Crippen LogP contribution in [0.1, 0.15) is 17.5 Å². The lowest BCUT2D eigenvalue weighted by atomic mass is 9.87. The largest absolute Gasteiger partial charge is 0.272 e. The normalized spacial score (nSPS) is 18.9. The summed E-state index contributed by atoms with van der Waals surface area (Å²) in [5.41, 5.74) is 1.48. The van der Waals surface area contributed by atoms with Gasteiger partial charge in [-0.3, -0.25) is 20.2 Å². The number of nitro benzene ring substituents is 1. The molecule has 2 rings (SSSR count). The van der Waals surface area contributed by atoms with Crippen LogP contribution in [0.4, 0.5) is 5.69 Å². The standard InChI is InChI=1S/C10H10N2O4/c13-11(14)8-4-5-9-7(6-8)2-1-3-10(9)12(15)16/h1-3,8H,4-6H2. The Morgan fingerprint density at radius 1 is 1.25 bits per heavy atom. The Labute approximate surface area is 91.2 Å². The van der Waals surface area contributed by atoms with E-state index in [0.717, 1.165) is 5.56 Å². The monoisotopic (exact) mass is 222 g/mol. The molecule has 0 aromatic heterocycles. The Morgan fingerprint density at radius 2 is 2.00 bits per heavy atom. The van der Waals surface area contributed by atoms with Crippen molar-refractivity contribution in [2.75, 3.05) is 0 Å². The third-order valence-electron chi connectivity index (χ3n) is 2.93. The van der Waals surface area contributed by atoms with Crippen LogP contribution in [0.5, 0.6) is 0 Å². The highest BCUT2D eigenvalue weighted by molar-refractivity contribution is 5.47. The number of benzene rings is 1. The maximum atomic E-state index is 10.8. The van der Waals surface area contributed by atoms with Gasteiger partial charge in [0.15, 0.2) is 0 Å². The maximum Gasteiger partial charge on any atom is 0.272 e. The minimum Gasteiger partial charge on any atom is -0.264 e. The third-order valence-corrected chi connectivity index (χ3v) is 2.93. The van der Waals surface area contributed by atoms with Crippen molar-refractivity contribution in [2.24, 2.45) is 0 Å². The number of hydrogen-bond donors (Lipinski definition) is 0. The van der Waals surface area contributed by atoms with Crippen molar-refractivity contribution in [2.45, 2.75) is 25.3 Å². The zero-order chi connectivity index (χ0) is 11.7. The second-order valence-corrected chi connectivity index (χ2v) is 3.85. The zero-order valence-electron chi connectivity index (χ0n) is 8.46. The van der Waals surface area contributed by atoms with Gasteiger partial charge in [-0.05, 0) is 12.0 Å². The number of rotatable bonds is 2. The molecule has 0 saturated heterocycles. The summed E-state index contributed by atoms with van der Waals surface area (Å²) in [4.78, 5) is 20.7. The summed E-state index contributed by atoms with van der Waals surface area (Å²) in [6.45, 7) is 0. The molecular formula is C10H10N2O4. The predicted octanol–water partition coefficient (Wildman–Crippen LogP) is 1.73. The van der Waals surface area contributed by atoms with Crippen LogP contribution >= 0.6 is 0 Å². The molecule has 0 heterocycles. The second kappa shape index (κ2) is 3.88. The molecule has 1 unspecified atom stereocenters. The van der Waals surface area contributed by atoms with Crippen LogP contribution < -0.4 is 0 Å². The lowest BCUT2D eigenvalue weighted by molar-refractivity contribution is -0.523. The fraction of sp³-hybridized carbons (Fsp3) is 0.400. The van der Waals surface area contributed by atoms with E-state index in [-0.39, 0.29) is 10.6 Å². The van der Waals surface area contributed by atoms with Crippen LogP contribution in [0.25, 0.3) is 0 Å². The van der Waals surface area contributed by atoms with Crippen molar-refractivity contribution in [1.82, 2.24) is 0 Å². The predicted molar refractivity (Wildman–Crippen MR) is 55.9 cm³/mol. The maximum absolute atomic E-state index is 10.8. The van der Waals surface area contributed by atoms with Crippen LogP contribution in [0.3, 0.4) is 0 Å². The molecule has 6 heteroatoms. The van der Waals surface area contributed by atoms with Gasteiger partial charge in [-0.2, -0.15) is 0 Å². The summed E-state index contributed by atoms with van der Waals surface area (Å²) in [6, 6.07) is 4.16. The smallest absolute Gasteiger partial charge is 0.264 e. The topological polar surface area (TPSA) is 86.3 Å². The molecule has 0 aliphatic heterocycles. The van der Waals surface area contributed by atoms with Crippen LogP contribution in [0.15, 0.2) is 18.2 Å². The molecule has 1 aromatic rings. The van der Waals surface area contributed by atoms with Crippen LogP contribution in [-0.4, -0.2) is 15.9 Å². The molecule has 0 spiro atoms. The lowest BCUT2D eigenvalue weighted by Crippen LogP contribution is -2.27. The van der Waals surface area contributed by atoms with Gasteiger partial charge in [0.1, 0.15) is 0 Å². The Balaban J connectivity index is 2.38. The minimum absolute atomic E-state index is 0.0827. The quantitative estimate of drug-likeness (QED) is 0.563.